The van der Waals surface area contributed by atoms with E-state index < -0.39 is 12.0 Å². The number of urea groups is 1. The molecule has 0 fully saturated rings. The summed E-state index contributed by atoms with van der Waals surface area (Å²) in [5, 5.41) is 14.4. The molecule has 0 radical (unpaired) electrons. The lowest BCUT2D eigenvalue weighted by Gasteiger charge is -2.17. The Bertz CT molecular complexity index is 671. The second kappa shape index (κ2) is 6.31. The van der Waals surface area contributed by atoms with Crippen molar-refractivity contribution in [3.63, 3.8) is 0 Å². The van der Waals surface area contributed by atoms with E-state index >= 15 is 0 Å². The third-order valence-corrected chi connectivity index (χ3v) is 3.49. The number of carbonyl (C=O) groups is 2. The maximum atomic E-state index is 12.1. The van der Waals surface area contributed by atoms with Crippen molar-refractivity contribution >= 4 is 29.0 Å². The van der Waals surface area contributed by atoms with Gasteiger partial charge in [0.15, 0.2) is 5.69 Å². The van der Waals surface area contributed by atoms with Crippen molar-refractivity contribution in [2.75, 3.05) is 12.4 Å². The average Bonchev–Trinajstić information content (AvgIpc) is 2.84. The Hall–Kier alpha value is -2.48. The molecule has 7 nitrogen and oxygen atoms in total. The summed E-state index contributed by atoms with van der Waals surface area (Å²) in [7, 11) is 1.61. The van der Waals surface area contributed by atoms with Crippen LogP contribution >= 0.6 is 11.3 Å². The number of carboxylic acid groups (broad SMARTS) is 1. The highest BCUT2D eigenvalue weighted by Crippen LogP contribution is 2.14. The van der Waals surface area contributed by atoms with E-state index in [-0.39, 0.29) is 11.4 Å². The maximum absolute atomic E-state index is 12.1. The maximum Gasteiger partial charge on any atom is 0.356 e. The van der Waals surface area contributed by atoms with E-state index in [0.717, 1.165) is 10.7 Å². The summed E-state index contributed by atoms with van der Waals surface area (Å²) in [5.74, 6) is -1.19. The average molecular weight is 306 g/mol. The number of amides is 2. The lowest BCUT2D eigenvalue weighted by molar-refractivity contribution is 0.0691. The molecule has 2 aromatic heterocycles. The minimum Gasteiger partial charge on any atom is -0.476 e. The quantitative estimate of drug-likeness (QED) is 0.903. The first-order valence-electron chi connectivity index (χ1n) is 6.09. The zero-order valence-corrected chi connectivity index (χ0v) is 12.3. The summed E-state index contributed by atoms with van der Waals surface area (Å²) >= 11 is 1.51. The molecule has 0 aromatic carbocycles. The molecule has 21 heavy (non-hydrogen) atoms. The van der Waals surface area contributed by atoms with Gasteiger partial charge in [-0.15, -0.1) is 11.3 Å². The summed E-state index contributed by atoms with van der Waals surface area (Å²) in [6.07, 6.45) is 1.36. The van der Waals surface area contributed by atoms with E-state index in [1.54, 1.807) is 13.1 Å². The van der Waals surface area contributed by atoms with Crippen LogP contribution in [0.3, 0.4) is 0 Å². The first kappa shape index (κ1) is 14.9. The number of hydrogen-bond donors (Lipinski definition) is 2. The van der Waals surface area contributed by atoms with E-state index in [1.807, 2.05) is 12.3 Å². The fourth-order valence-corrected chi connectivity index (χ4v) is 2.29. The Balaban J connectivity index is 2.05. The molecule has 0 atom stereocenters. The van der Waals surface area contributed by atoms with Crippen molar-refractivity contribution in [2.24, 2.45) is 0 Å². The molecule has 0 spiro atoms. The summed E-state index contributed by atoms with van der Waals surface area (Å²) < 4.78 is 0. The molecule has 2 aromatic rings. The number of nitrogens with one attached hydrogen (secondary N) is 1. The molecular formula is C13H14N4O3S. The lowest BCUT2D eigenvalue weighted by atomic mass is 10.3. The molecule has 0 bridgehead atoms. The SMILES string of the molecule is Cc1nc(CN(C)C(=O)Nc2cccnc2C(=O)O)cs1. The minimum atomic E-state index is -1.19. The van der Waals surface area contributed by atoms with Gasteiger partial charge < -0.3 is 15.3 Å². The van der Waals surface area contributed by atoms with Gasteiger partial charge in [-0.3, -0.25) is 0 Å². The van der Waals surface area contributed by atoms with Crippen LogP contribution < -0.4 is 5.32 Å². The van der Waals surface area contributed by atoms with Gasteiger partial charge >= 0.3 is 12.0 Å². The van der Waals surface area contributed by atoms with Crippen molar-refractivity contribution in [1.29, 1.82) is 0 Å². The summed E-state index contributed by atoms with van der Waals surface area (Å²) in [4.78, 5) is 32.5. The van der Waals surface area contributed by atoms with E-state index in [9.17, 15) is 9.59 Å². The standard InChI is InChI=1S/C13H14N4O3S/c1-8-15-9(7-21-8)6-17(2)13(20)16-10-4-3-5-14-11(10)12(18)19/h3-5,7H,6H2,1-2H3,(H,16,20)(H,18,19). The zero-order valence-electron chi connectivity index (χ0n) is 11.5. The van der Waals surface area contributed by atoms with Gasteiger partial charge in [-0.05, 0) is 19.1 Å². The topological polar surface area (TPSA) is 95.4 Å². The first-order valence-corrected chi connectivity index (χ1v) is 6.96. The fraction of sp³-hybridized carbons (Fsp3) is 0.231. The molecule has 2 heterocycles. The van der Waals surface area contributed by atoms with Crippen LogP contribution in [0.4, 0.5) is 10.5 Å². The molecule has 2 rings (SSSR count). The number of aromatic carboxylic acids is 1. The minimum absolute atomic E-state index is 0.163. The smallest absolute Gasteiger partial charge is 0.356 e. The molecule has 0 unspecified atom stereocenters. The van der Waals surface area contributed by atoms with E-state index in [2.05, 4.69) is 15.3 Å². The van der Waals surface area contributed by atoms with Crippen LogP contribution in [0.15, 0.2) is 23.7 Å². The predicted octanol–water partition coefficient (Wildman–Crippen LogP) is 2.21. The number of pyridine rings is 1. The Morgan fingerprint density at radius 1 is 1.48 bits per heavy atom. The van der Waals surface area contributed by atoms with Gasteiger partial charge in [0.2, 0.25) is 0 Å². The van der Waals surface area contributed by atoms with Crippen LogP contribution in [0.2, 0.25) is 0 Å². The molecule has 0 saturated carbocycles. The van der Waals surface area contributed by atoms with Crippen molar-refractivity contribution < 1.29 is 14.7 Å². The molecule has 2 amide bonds. The van der Waals surface area contributed by atoms with Gasteiger partial charge in [0.25, 0.3) is 0 Å². The van der Waals surface area contributed by atoms with Gasteiger partial charge in [-0.2, -0.15) is 0 Å². The van der Waals surface area contributed by atoms with Crippen LogP contribution in [-0.2, 0) is 6.54 Å². The molecule has 0 aliphatic carbocycles. The zero-order chi connectivity index (χ0) is 15.4. The van der Waals surface area contributed by atoms with Gasteiger partial charge in [-0.1, -0.05) is 0 Å². The number of rotatable bonds is 4. The third kappa shape index (κ3) is 3.76. The number of aromatic nitrogens is 2. The molecule has 0 aliphatic rings. The highest BCUT2D eigenvalue weighted by atomic mass is 32.1. The van der Waals surface area contributed by atoms with E-state index in [4.69, 9.17) is 5.11 Å². The van der Waals surface area contributed by atoms with Gasteiger partial charge in [0.05, 0.1) is 22.9 Å². The second-order valence-electron chi connectivity index (χ2n) is 4.35. The number of thiazole rings is 1. The Labute approximate surface area is 125 Å². The number of hydrogen-bond acceptors (Lipinski definition) is 5. The van der Waals surface area contributed by atoms with Crippen molar-refractivity contribution in [3.05, 3.63) is 40.1 Å². The summed E-state index contributed by atoms with van der Waals surface area (Å²) in [6.45, 7) is 2.24. The van der Waals surface area contributed by atoms with Crippen LogP contribution in [0.25, 0.3) is 0 Å². The lowest BCUT2D eigenvalue weighted by Crippen LogP contribution is -2.31. The van der Waals surface area contributed by atoms with E-state index in [1.165, 1.54) is 28.5 Å². The third-order valence-electron chi connectivity index (χ3n) is 2.66. The van der Waals surface area contributed by atoms with Gasteiger partial charge in [-0.25, -0.2) is 19.6 Å². The normalized spacial score (nSPS) is 10.2. The molecular weight excluding hydrogens is 292 g/mol. The van der Waals surface area contributed by atoms with Crippen LogP contribution in [0, 0.1) is 6.92 Å². The highest BCUT2D eigenvalue weighted by molar-refractivity contribution is 7.09. The molecule has 0 saturated heterocycles. The van der Waals surface area contributed by atoms with Crippen LogP contribution in [-0.4, -0.2) is 39.0 Å². The van der Waals surface area contributed by atoms with Gasteiger partial charge in [0.1, 0.15) is 0 Å². The first-order chi connectivity index (χ1) is 9.97. The fourth-order valence-electron chi connectivity index (χ4n) is 1.68. The molecule has 2 N–H and O–H groups in total. The Morgan fingerprint density at radius 2 is 2.24 bits per heavy atom. The number of carbonyl (C=O) groups excluding carboxylic acids is 1. The largest absolute Gasteiger partial charge is 0.476 e. The van der Waals surface area contributed by atoms with Crippen LogP contribution in [0.1, 0.15) is 21.2 Å². The van der Waals surface area contributed by atoms with Gasteiger partial charge in [0, 0.05) is 18.6 Å². The van der Waals surface area contributed by atoms with E-state index in [0.29, 0.717) is 6.54 Å². The Kier molecular flexibility index (Phi) is 4.49. The number of carboxylic acids is 1. The summed E-state index contributed by atoms with van der Waals surface area (Å²) in [6, 6.07) is 2.64. The monoisotopic (exact) mass is 306 g/mol. The number of nitrogens with zero attached hydrogens (tertiary/aromatic N) is 3. The van der Waals surface area contributed by atoms with Crippen molar-refractivity contribution in [3.8, 4) is 0 Å². The molecule has 8 heteroatoms. The summed E-state index contributed by atoms with van der Waals surface area (Å²) in [5.41, 5.74) is 0.764. The number of aryl methyl sites for hydroxylation is 1. The molecule has 0 aliphatic heterocycles. The Morgan fingerprint density at radius 3 is 2.86 bits per heavy atom. The van der Waals surface area contributed by atoms with Crippen molar-refractivity contribution in [1.82, 2.24) is 14.9 Å². The predicted molar refractivity (Wildman–Crippen MR) is 78.5 cm³/mol. The number of anilines is 1. The van der Waals surface area contributed by atoms with Crippen molar-refractivity contribution in [2.45, 2.75) is 13.5 Å². The second-order valence-corrected chi connectivity index (χ2v) is 5.41. The van der Waals surface area contributed by atoms with Crippen LogP contribution in [0.5, 0.6) is 0 Å². The molecule has 110 valence electrons. The highest BCUT2D eigenvalue weighted by Gasteiger charge is 2.16.